The van der Waals surface area contributed by atoms with Crippen molar-refractivity contribution >= 4 is 44.7 Å². The first kappa shape index (κ1) is 22.1. The highest BCUT2D eigenvalue weighted by Gasteiger charge is 2.33. The zero-order valence-electron chi connectivity index (χ0n) is 16.6. The van der Waals surface area contributed by atoms with Crippen molar-refractivity contribution in [2.75, 3.05) is 11.9 Å². The van der Waals surface area contributed by atoms with Crippen LogP contribution in [0.1, 0.15) is 31.4 Å². The Morgan fingerprint density at radius 2 is 1.79 bits per heavy atom. The minimum atomic E-state index is -3.62. The molecule has 0 amide bonds. The molecule has 0 aromatic heterocycles. The molecule has 1 heterocycles. The number of anilines is 1. The Morgan fingerprint density at radius 3 is 2.41 bits per heavy atom. The molecule has 29 heavy (non-hydrogen) atoms. The number of ketones is 1. The van der Waals surface area contributed by atoms with Crippen molar-refractivity contribution in [2.24, 2.45) is 0 Å². The molecule has 156 valence electrons. The Morgan fingerprint density at radius 1 is 1.17 bits per heavy atom. The summed E-state index contributed by atoms with van der Waals surface area (Å²) in [5.41, 5.74) is 2.12. The number of hydrogen-bond donors (Lipinski definition) is 1. The van der Waals surface area contributed by atoms with Gasteiger partial charge in [0.15, 0.2) is 5.78 Å². The SMILES string of the molecule is CC(C)NS(=O)(=O)c1cccc2c1CCC(C(=O)Cc1c(Cl)cccc1Cl)N2C. The summed E-state index contributed by atoms with van der Waals surface area (Å²) in [6.45, 7) is 3.57. The van der Waals surface area contributed by atoms with Crippen LogP contribution < -0.4 is 9.62 Å². The third-order valence-corrected chi connectivity index (χ3v) is 7.54. The number of rotatable bonds is 6. The molecule has 3 rings (SSSR count). The van der Waals surface area contributed by atoms with Gasteiger partial charge in [-0.15, -0.1) is 0 Å². The molecular formula is C21H24Cl2N2O3S. The molecule has 1 unspecified atom stereocenters. The van der Waals surface area contributed by atoms with E-state index >= 15 is 0 Å². The van der Waals surface area contributed by atoms with Crippen LogP contribution in [0, 0.1) is 0 Å². The van der Waals surface area contributed by atoms with E-state index in [-0.39, 0.29) is 29.2 Å². The lowest BCUT2D eigenvalue weighted by Crippen LogP contribution is -2.43. The van der Waals surface area contributed by atoms with Gasteiger partial charge in [0.1, 0.15) is 0 Å². The molecule has 1 aliphatic heterocycles. The minimum absolute atomic E-state index is 0.00159. The lowest BCUT2D eigenvalue weighted by Gasteiger charge is -2.36. The summed E-state index contributed by atoms with van der Waals surface area (Å²) in [4.78, 5) is 15.2. The zero-order chi connectivity index (χ0) is 21.3. The first-order valence-electron chi connectivity index (χ1n) is 9.44. The van der Waals surface area contributed by atoms with Crippen LogP contribution in [0.4, 0.5) is 5.69 Å². The molecule has 0 radical (unpaired) electrons. The smallest absolute Gasteiger partial charge is 0.241 e. The Hall–Kier alpha value is -1.60. The molecule has 0 bridgehead atoms. The molecule has 0 saturated carbocycles. The maximum absolute atomic E-state index is 13.0. The molecule has 1 N–H and O–H groups in total. The van der Waals surface area contributed by atoms with E-state index in [0.29, 0.717) is 28.5 Å². The molecule has 0 spiro atoms. The molecular weight excluding hydrogens is 431 g/mol. The highest BCUT2D eigenvalue weighted by atomic mass is 35.5. The second-order valence-electron chi connectivity index (χ2n) is 7.54. The maximum Gasteiger partial charge on any atom is 0.241 e. The fraction of sp³-hybridized carbons (Fsp3) is 0.381. The van der Waals surface area contributed by atoms with Crippen LogP contribution in [0.3, 0.4) is 0 Å². The summed E-state index contributed by atoms with van der Waals surface area (Å²) in [6.07, 6.45) is 1.16. The van der Waals surface area contributed by atoms with Crippen LogP contribution in [0.15, 0.2) is 41.3 Å². The third-order valence-electron chi connectivity index (χ3n) is 5.09. The normalized spacial score (nSPS) is 16.8. The average Bonchev–Trinajstić information content (AvgIpc) is 2.63. The number of halogens is 2. The highest BCUT2D eigenvalue weighted by Crippen LogP contribution is 2.35. The van der Waals surface area contributed by atoms with E-state index in [1.807, 2.05) is 18.0 Å². The second kappa shape index (κ2) is 8.64. The van der Waals surface area contributed by atoms with Crippen molar-refractivity contribution in [1.82, 2.24) is 4.72 Å². The Labute approximate surface area is 182 Å². The van der Waals surface area contributed by atoms with E-state index in [9.17, 15) is 13.2 Å². The molecule has 8 heteroatoms. The maximum atomic E-state index is 13.0. The molecule has 5 nitrogen and oxygen atoms in total. The predicted molar refractivity (Wildman–Crippen MR) is 118 cm³/mol. The van der Waals surface area contributed by atoms with Gasteiger partial charge in [-0.1, -0.05) is 35.3 Å². The highest BCUT2D eigenvalue weighted by molar-refractivity contribution is 7.89. The molecule has 1 atom stereocenters. The van der Waals surface area contributed by atoms with Gasteiger partial charge in [-0.05, 0) is 62.1 Å². The van der Waals surface area contributed by atoms with E-state index in [0.717, 1.165) is 11.3 Å². The van der Waals surface area contributed by atoms with Crippen molar-refractivity contribution in [2.45, 2.75) is 50.1 Å². The number of nitrogens with zero attached hydrogens (tertiary/aromatic N) is 1. The molecule has 2 aromatic rings. The molecule has 0 fully saturated rings. The minimum Gasteiger partial charge on any atom is -0.364 e. The van der Waals surface area contributed by atoms with Gasteiger partial charge < -0.3 is 4.90 Å². The summed E-state index contributed by atoms with van der Waals surface area (Å²) in [5, 5.41) is 0.940. The number of carbonyl (C=O) groups is 1. The third kappa shape index (κ3) is 4.61. The first-order chi connectivity index (χ1) is 13.6. The monoisotopic (exact) mass is 454 g/mol. The lowest BCUT2D eigenvalue weighted by atomic mass is 9.91. The number of likely N-dealkylation sites (N-methyl/N-ethyl adjacent to an activating group) is 1. The Bertz CT molecular complexity index is 1020. The van der Waals surface area contributed by atoms with Gasteiger partial charge in [-0.3, -0.25) is 4.79 Å². The molecule has 2 aromatic carbocycles. The van der Waals surface area contributed by atoms with Crippen LogP contribution in [-0.2, 0) is 27.7 Å². The summed E-state index contributed by atoms with van der Waals surface area (Å²) >= 11 is 12.4. The summed E-state index contributed by atoms with van der Waals surface area (Å²) in [7, 11) is -1.80. The first-order valence-corrected chi connectivity index (χ1v) is 11.7. The van der Waals surface area contributed by atoms with E-state index < -0.39 is 10.0 Å². The standard InChI is InChI=1S/C21H24Cl2N2O3S/c1-13(2)24-29(27,28)21-9-5-8-18-14(21)10-11-19(25(18)3)20(26)12-15-16(22)6-4-7-17(15)23/h4-9,13,19,24H,10-12H2,1-3H3. The largest absolute Gasteiger partial charge is 0.364 e. The number of hydrogen-bond acceptors (Lipinski definition) is 4. The van der Waals surface area contributed by atoms with E-state index in [4.69, 9.17) is 23.2 Å². The van der Waals surface area contributed by atoms with Crippen LogP contribution in [0.25, 0.3) is 0 Å². The van der Waals surface area contributed by atoms with Crippen molar-refractivity contribution in [3.8, 4) is 0 Å². The quantitative estimate of drug-likeness (QED) is 0.708. The van der Waals surface area contributed by atoms with Gasteiger partial charge in [-0.2, -0.15) is 0 Å². The van der Waals surface area contributed by atoms with Gasteiger partial charge in [0.05, 0.1) is 10.9 Å². The summed E-state index contributed by atoms with van der Waals surface area (Å²) in [6, 6.07) is 9.78. The van der Waals surface area contributed by atoms with Gasteiger partial charge >= 0.3 is 0 Å². The summed E-state index contributed by atoms with van der Waals surface area (Å²) in [5.74, 6) is 0.00159. The number of Topliss-reactive ketones (excluding diaryl/α,β-unsaturated/α-hetero) is 1. The fourth-order valence-corrected chi connectivity index (χ4v) is 5.84. The van der Waals surface area contributed by atoms with Crippen molar-refractivity contribution < 1.29 is 13.2 Å². The van der Waals surface area contributed by atoms with Crippen molar-refractivity contribution in [1.29, 1.82) is 0 Å². The predicted octanol–water partition coefficient (Wildman–Crippen LogP) is 4.24. The number of sulfonamides is 1. The number of carbonyl (C=O) groups excluding carboxylic acids is 1. The van der Waals surface area contributed by atoms with E-state index in [1.165, 1.54) is 0 Å². The van der Waals surface area contributed by atoms with Crippen LogP contribution in [0.5, 0.6) is 0 Å². The van der Waals surface area contributed by atoms with Crippen molar-refractivity contribution in [3.05, 3.63) is 57.6 Å². The van der Waals surface area contributed by atoms with Gasteiger partial charge in [0, 0.05) is 35.2 Å². The molecule has 0 aliphatic carbocycles. The topological polar surface area (TPSA) is 66.5 Å². The van der Waals surface area contributed by atoms with Crippen LogP contribution in [0.2, 0.25) is 10.0 Å². The van der Waals surface area contributed by atoms with Crippen molar-refractivity contribution in [3.63, 3.8) is 0 Å². The molecule has 0 saturated heterocycles. The van der Waals surface area contributed by atoms with Gasteiger partial charge in [0.25, 0.3) is 0 Å². The Kier molecular flexibility index (Phi) is 6.58. The zero-order valence-corrected chi connectivity index (χ0v) is 18.9. The van der Waals surface area contributed by atoms with Gasteiger partial charge in [-0.25, -0.2) is 13.1 Å². The Balaban J connectivity index is 1.89. The molecule has 1 aliphatic rings. The number of fused-ring (bicyclic) bond motifs is 1. The van der Waals surface area contributed by atoms with Gasteiger partial charge in [0.2, 0.25) is 10.0 Å². The van der Waals surface area contributed by atoms with Crippen LogP contribution in [-0.4, -0.2) is 33.3 Å². The van der Waals surface area contributed by atoms with E-state index in [1.54, 1.807) is 44.2 Å². The van der Waals surface area contributed by atoms with E-state index in [2.05, 4.69) is 4.72 Å². The average molecular weight is 455 g/mol. The van der Waals surface area contributed by atoms with Crippen LogP contribution >= 0.6 is 23.2 Å². The summed E-state index contributed by atoms with van der Waals surface area (Å²) < 4.78 is 28.1. The lowest BCUT2D eigenvalue weighted by molar-refractivity contribution is -0.119. The number of benzene rings is 2. The number of nitrogens with one attached hydrogen (secondary N) is 1. The second-order valence-corrected chi connectivity index (χ2v) is 10.0. The fourth-order valence-electron chi connectivity index (χ4n) is 3.77.